The Hall–Kier alpha value is -2.49. The van der Waals surface area contributed by atoms with Crippen LogP contribution in [0.3, 0.4) is 0 Å². The summed E-state index contributed by atoms with van der Waals surface area (Å²) in [6.07, 6.45) is 0.802. The number of sulfonamides is 1. The number of hydrogen-bond donors (Lipinski definition) is 1. The summed E-state index contributed by atoms with van der Waals surface area (Å²) in [5.74, 6) is -0.346. The standard InChI is InChI=1S/C23H30FN3O4S/c1-26(2)15-16-31-20-9-7-18(8-10-20)17-25-23(28)19-11-13-27(14-12-19)32(29,30)22-6-4-3-5-21(22)24/h3-10,19H,11-17H2,1-2H3,(H,25,28). The Labute approximate surface area is 189 Å². The van der Waals surface area contributed by atoms with Gasteiger partial charge in [0, 0.05) is 32.1 Å². The van der Waals surface area contributed by atoms with Gasteiger partial charge in [-0.15, -0.1) is 0 Å². The molecule has 0 atom stereocenters. The first-order chi connectivity index (χ1) is 15.3. The van der Waals surface area contributed by atoms with E-state index in [1.807, 2.05) is 43.3 Å². The van der Waals surface area contributed by atoms with Crippen LogP contribution in [0.1, 0.15) is 18.4 Å². The molecule has 1 heterocycles. The highest BCUT2D eigenvalue weighted by atomic mass is 32.2. The highest BCUT2D eigenvalue weighted by molar-refractivity contribution is 7.89. The van der Waals surface area contributed by atoms with Gasteiger partial charge in [-0.3, -0.25) is 4.79 Å². The molecule has 0 bridgehead atoms. The van der Waals surface area contributed by atoms with E-state index in [4.69, 9.17) is 4.74 Å². The number of hydrogen-bond acceptors (Lipinski definition) is 5. The van der Waals surface area contributed by atoms with Crippen LogP contribution in [-0.2, 0) is 21.4 Å². The number of halogens is 1. The van der Waals surface area contributed by atoms with Crippen LogP contribution in [0.5, 0.6) is 5.75 Å². The fraction of sp³-hybridized carbons (Fsp3) is 0.435. The molecule has 2 aromatic carbocycles. The van der Waals surface area contributed by atoms with Crippen LogP contribution < -0.4 is 10.1 Å². The van der Waals surface area contributed by atoms with Gasteiger partial charge in [0.25, 0.3) is 0 Å². The molecule has 32 heavy (non-hydrogen) atoms. The summed E-state index contributed by atoms with van der Waals surface area (Å²) in [6.45, 7) is 2.21. The molecule has 9 heteroatoms. The topological polar surface area (TPSA) is 79.0 Å². The molecule has 1 aliphatic heterocycles. The molecule has 1 fully saturated rings. The summed E-state index contributed by atoms with van der Waals surface area (Å²) >= 11 is 0. The third kappa shape index (κ3) is 6.27. The van der Waals surface area contributed by atoms with Gasteiger partial charge in [-0.1, -0.05) is 24.3 Å². The van der Waals surface area contributed by atoms with Crippen LogP contribution in [0.25, 0.3) is 0 Å². The van der Waals surface area contributed by atoms with E-state index in [1.54, 1.807) is 0 Å². The van der Waals surface area contributed by atoms with Crippen molar-refractivity contribution in [2.75, 3.05) is 40.3 Å². The minimum absolute atomic E-state index is 0.0979. The van der Waals surface area contributed by atoms with Crippen LogP contribution in [-0.4, -0.2) is 63.9 Å². The maximum absolute atomic E-state index is 13.9. The van der Waals surface area contributed by atoms with Crippen molar-refractivity contribution in [1.82, 2.24) is 14.5 Å². The number of nitrogens with zero attached hydrogens (tertiary/aromatic N) is 2. The van der Waals surface area contributed by atoms with E-state index >= 15 is 0 Å². The summed E-state index contributed by atoms with van der Waals surface area (Å²) in [5, 5.41) is 2.93. The van der Waals surface area contributed by atoms with Crippen LogP contribution in [0.15, 0.2) is 53.4 Å². The Bertz CT molecular complexity index is 1000. The van der Waals surface area contributed by atoms with Crippen molar-refractivity contribution >= 4 is 15.9 Å². The number of carbonyl (C=O) groups is 1. The van der Waals surface area contributed by atoms with Gasteiger partial charge in [-0.25, -0.2) is 12.8 Å². The second-order valence-electron chi connectivity index (χ2n) is 8.12. The summed E-state index contributed by atoms with van der Waals surface area (Å²) in [7, 11) is 0.0735. The van der Waals surface area contributed by atoms with Crippen molar-refractivity contribution in [1.29, 1.82) is 0 Å². The number of likely N-dealkylation sites (N-methyl/N-ethyl adjacent to an activating group) is 1. The van der Waals surface area contributed by atoms with E-state index in [-0.39, 0.29) is 29.8 Å². The lowest BCUT2D eigenvalue weighted by Gasteiger charge is -2.30. The van der Waals surface area contributed by atoms with Crippen molar-refractivity contribution in [3.8, 4) is 5.75 Å². The molecular formula is C23H30FN3O4S. The molecule has 0 saturated carbocycles. The molecule has 2 aromatic rings. The van der Waals surface area contributed by atoms with E-state index < -0.39 is 15.8 Å². The number of carbonyl (C=O) groups excluding carboxylic acids is 1. The summed E-state index contributed by atoms with van der Waals surface area (Å²) in [4.78, 5) is 14.3. The second kappa shape index (κ2) is 10.9. The Morgan fingerprint density at radius 3 is 2.41 bits per heavy atom. The zero-order valence-electron chi connectivity index (χ0n) is 18.5. The van der Waals surface area contributed by atoms with Crippen LogP contribution in [0.2, 0.25) is 0 Å². The third-order valence-electron chi connectivity index (χ3n) is 5.48. The number of ether oxygens (including phenoxy) is 1. The molecule has 7 nitrogen and oxygen atoms in total. The maximum Gasteiger partial charge on any atom is 0.245 e. The predicted molar refractivity (Wildman–Crippen MR) is 120 cm³/mol. The average molecular weight is 464 g/mol. The molecule has 0 aliphatic carbocycles. The van der Waals surface area contributed by atoms with Gasteiger partial charge in [0.1, 0.15) is 23.1 Å². The molecule has 174 valence electrons. The highest BCUT2D eigenvalue weighted by Crippen LogP contribution is 2.25. The number of nitrogens with one attached hydrogen (secondary N) is 1. The van der Waals surface area contributed by atoms with E-state index in [0.717, 1.165) is 23.9 Å². The van der Waals surface area contributed by atoms with Crippen molar-refractivity contribution < 1.29 is 22.3 Å². The molecule has 1 aliphatic rings. The van der Waals surface area contributed by atoms with Gasteiger partial charge in [-0.05, 0) is 56.8 Å². The van der Waals surface area contributed by atoms with Gasteiger partial charge in [-0.2, -0.15) is 4.31 Å². The van der Waals surface area contributed by atoms with Crippen molar-refractivity contribution in [2.24, 2.45) is 5.92 Å². The van der Waals surface area contributed by atoms with E-state index in [0.29, 0.717) is 26.0 Å². The Balaban J connectivity index is 1.46. The molecule has 1 amide bonds. The minimum atomic E-state index is -3.90. The molecule has 0 radical (unpaired) electrons. The molecule has 0 spiro atoms. The SMILES string of the molecule is CN(C)CCOc1ccc(CNC(=O)C2CCN(S(=O)(=O)c3ccccc3F)CC2)cc1. The van der Waals surface area contributed by atoms with Crippen LogP contribution >= 0.6 is 0 Å². The van der Waals surface area contributed by atoms with Gasteiger partial charge < -0.3 is 15.0 Å². The molecule has 1 saturated heterocycles. The lowest BCUT2D eigenvalue weighted by Crippen LogP contribution is -2.43. The lowest BCUT2D eigenvalue weighted by molar-refractivity contribution is -0.126. The van der Waals surface area contributed by atoms with Crippen molar-refractivity contribution in [3.05, 3.63) is 59.9 Å². The molecule has 3 rings (SSSR count). The molecule has 0 aromatic heterocycles. The van der Waals surface area contributed by atoms with Crippen molar-refractivity contribution in [3.63, 3.8) is 0 Å². The normalized spacial score (nSPS) is 15.6. The number of piperidine rings is 1. The summed E-state index contributed by atoms with van der Waals surface area (Å²) < 4.78 is 46.3. The number of benzene rings is 2. The van der Waals surface area contributed by atoms with Crippen molar-refractivity contribution in [2.45, 2.75) is 24.3 Å². The Kier molecular flexibility index (Phi) is 8.22. The monoisotopic (exact) mass is 463 g/mol. The minimum Gasteiger partial charge on any atom is -0.492 e. The zero-order chi connectivity index (χ0) is 23.1. The first kappa shape index (κ1) is 24.2. The molecule has 0 unspecified atom stereocenters. The van der Waals surface area contributed by atoms with E-state index in [2.05, 4.69) is 5.32 Å². The quantitative estimate of drug-likeness (QED) is 0.618. The van der Waals surface area contributed by atoms with Gasteiger partial charge in [0.15, 0.2) is 0 Å². The third-order valence-corrected chi connectivity index (χ3v) is 7.41. The maximum atomic E-state index is 13.9. The molecule has 1 N–H and O–H groups in total. The Morgan fingerprint density at radius 2 is 1.78 bits per heavy atom. The molecular weight excluding hydrogens is 433 g/mol. The largest absolute Gasteiger partial charge is 0.492 e. The average Bonchev–Trinajstić information content (AvgIpc) is 2.78. The summed E-state index contributed by atoms with van der Waals surface area (Å²) in [6, 6.07) is 12.9. The smallest absolute Gasteiger partial charge is 0.245 e. The predicted octanol–water partition coefficient (Wildman–Crippen LogP) is 2.48. The highest BCUT2D eigenvalue weighted by Gasteiger charge is 2.33. The fourth-order valence-electron chi connectivity index (χ4n) is 3.53. The van der Waals surface area contributed by atoms with Gasteiger partial charge in [0.2, 0.25) is 15.9 Å². The van der Waals surface area contributed by atoms with Gasteiger partial charge >= 0.3 is 0 Å². The van der Waals surface area contributed by atoms with E-state index in [1.165, 1.54) is 22.5 Å². The zero-order valence-corrected chi connectivity index (χ0v) is 19.3. The Morgan fingerprint density at radius 1 is 1.12 bits per heavy atom. The van der Waals surface area contributed by atoms with Crippen LogP contribution in [0.4, 0.5) is 4.39 Å². The van der Waals surface area contributed by atoms with E-state index in [9.17, 15) is 17.6 Å². The summed E-state index contributed by atoms with van der Waals surface area (Å²) in [5.41, 5.74) is 0.956. The second-order valence-corrected chi connectivity index (χ2v) is 10.0. The number of rotatable bonds is 9. The number of amides is 1. The first-order valence-corrected chi connectivity index (χ1v) is 12.1. The van der Waals surface area contributed by atoms with Crippen LogP contribution in [0, 0.1) is 11.7 Å². The van der Waals surface area contributed by atoms with Gasteiger partial charge in [0.05, 0.1) is 0 Å². The lowest BCUT2D eigenvalue weighted by atomic mass is 9.97. The first-order valence-electron chi connectivity index (χ1n) is 10.7. The fourth-order valence-corrected chi connectivity index (χ4v) is 5.07.